The minimum Gasteiger partial charge on any atom is -0.465 e. The fourth-order valence-electron chi connectivity index (χ4n) is 2.93. The number of morpholine rings is 1. The van der Waals surface area contributed by atoms with Crippen LogP contribution in [0.1, 0.15) is 15.9 Å². The Morgan fingerprint density at radius 3 is 2.43 bits per heavy atom. The van der Waals surface area contributed by atoms with Gasteiger partial charge in [0.05, 0.1) is 38.1 Å². The average Bonchev–Trinajstić information content (AvgIpc) is 2.74. The fraction of sp³-hybridized carbons (Fsp3) is 0.300. The number of carbonyl (C=O) groups excluding carboxylic acids is 2. The number of anilines is 1. The van der Waals surface area contributed by atoms with Crippen LogP contribution in [0.4, 0.5) is 19.3 Å². The van der Waals surface area contributed by atoms with E-state index < -0.39 is 23.6 Å². The second kappa shape index (κ2) is 8.79. The number of esters is 1. The Labute approximate surface area is 161 Å². The van der Waals surface area contributed by atoms with Crippen LogP contribution in [0.3, 0.4) is 0 Å². The number of amides is 2. The van der Waals surface area contributed by atoms with Gasteiger partial charge in [-0.05, 0) is 29.8 Å². The molecule has 0 N–H and O–H groups in total. The van der Waals surface area contributed by atoms with Crippen molar-refractivity contribution in [3.63, 3.8) is 0 Å². The number of nitrogens with zero attached hydrogens (tertiary/aromatic N) is 2. The highest BCUT2D eigenvalue weighted by Gasteiger charge is 2.27. The van der Waals surface area contributed by atoms with Crippen molar-refractivity contribution in [2.45, 2.75) is 6.54 Å². The van der Waals surface area contributed by atoms with Crippen molar-refractivity contribution < 1.29 is 27.8 Å². The third kappa shape index (κ3) is 4.28. The van der Waals surface area contributed by atoms with Gasteiger partial charge < -0.3 is 14.4 Å². The first-order chi connectivity index (χ1) is 13.5. The van der Waals surface area contributed by atoms with E-state index in [4.69, 9.17) is 4.74 Å². The zero-order chi connectivity index (χ0) is 20.1. The van der Waals surface area contributed by atoms with E-state index in [0.29, 0.717) is 37.4 Å². The van der Waals surface area contributed by atoms with Gasteiger partial charge >= 0.3 is 12.0 Å². The van der Waals surface area contributed by atoms with Crippen LogP contribution >= 0.6 is 0 Å². The lowest BCUT2D eigenvalue weighted by Crippen LogP contribution is -2.48. The number of urea groups is 1. The average molecular weight is 390 g/mol. The smallest absolute Gasteiger partial charge is 0.337 e. The summed E-state index contributed by atoms with van der Waals surface area (Å²) in [6.45, 7) is 1.52. The normalized spacial score (nSPS) is 13.9. The second-order valence-electron chi connectivity index (χ2n) is 6.23. The van der Waals surface area contributed by atoms with Crippen molar-refractivity contribution in [3.8, 4) is 0 Å². The molecule has 0 aliphatic carbocycles. The van der Waals surface area contributed by atoms with Crippen molar-refractivity contribution in [1.29, 1.82) is 0 Å². The molecule has 1 heterocycles. The number of carbonyl (C=O) groups is 2. The fourth-order valence-corrected chi connectivity index (χ4v) is 2.93. The van der Waals surface area contributed by atoms with Crippen LogP contribution in [0.25, 0.3) is 0 Å². The van der Waals surface area contributed by atoms with E-state index in [1.807, 2.05) is 0 Å². The summed E-state index contributed by atoms with van der Waals surface area (Å²) in [4.78, 5) is 27.3. The Hall–Kier alpha value is -3.00. The maximum absolute atomic E-state index is 14.4. The van der Waals surface area contributed by atoms with Crippen LogP contribution in [0, 0.1) is 11.6 Å². The first-order valence-corrected chi connectivity index (χ1v) is 8.76. The quantitative estimate of drug-likeness (QED) is 0.753. The molecule has 148 valence electrons. The number of methoxy groups -OCH3 is 1. The van der Waals surface area contributed by atoms with Gasteiger partial charge in [-0.25, -0.2) is 18.4 Å². The van der Waals surface area contributed by atoms with Gasteiger partial charge in [-0.2, -0.15) is 0 Å². The molecule has 28 heavy (non-hydrogen) atoms. The largest absolute Gasteiger partial charge is 0.465 e. The lowest BCUT2D eigenvalue weighted by Gasteiger charge is -2.33. The van der Waals surface area contributed by atoms with Crippen LogP contribution in [0.5, 0.6) is 0 Å². The number of halogens is 2. The Morgan fingerprint density at radius 1 is 1.11 bits per heavy atom. The van der Waals surface area contributed by atoms with Gasteiger partial charge in [0.25, 0.3) is 0 Å². The number of benzene rings is 2. The molecule has 8 heteroatoms. The predicted molar refractivity (Wildman–Crippen MR) is 98.1 cm³/mol. The minimum absolute atomic E-state index is 0.0119. The molecule has 0 aromatic heterocycles. The number of rotatable bonds is 4. The summed E-state index contributed by atoms with van der Waals surface area (Å²) in [7, 11) is 1.28. The van der Waals surface area contributed by atoms with E-state index in [1.165, 1.54) is 29.0 Å². The molecule has 0 atom stereocenters. The zero-order valence-electron chi connectivity index (χ0n) is 15.4. The molecule has 0 radical (unpaired) electrons. The molecule has 0 spiro atoms. The first kappa shape index (κ1) is 19.8. The third-order valence-electron chi connectivity index (χ3n) is 4.45. The molecule has 6 nitrogen and oxygen atoms in total. The standard InChI is InChI=1S/C20H20F2N2O4/c1-27-19(25)15-7-5-14(6-8-15)13-24(17-4-2-3-16(21)18(17)22)20(26)23-9-11-28-12-10-23/h2-8H,9-13H2,1H3. The number of ether oxygens (including phenoxy) is 2. The Morgan fingerprint density at radius 2 is 1.79 bits per heavy atom. The minimum atomic E-state index is -1.09. The van der Waals surface area contributed by atoms with Gasteiger partial charge in [0.1, 0.15) is 0 Å². The highest BCUT2D eigenvalue weighted by Crippen LogP contribution is 2.25. The summed E-state index contributed by atoms with van der Waals surface area (Å²) < 4.78 is 38.1. The summed E-state index contributed by atoms with van der Waals surface area (Å²) in [6.07, 6.45) is 0. The van der Waals surface area contributed by atoms with Crippen molar-refractivity contribution in [1.82, 2.24) is 4.90 Å². The third-order valence-corrected chi connectivity index (χ3v) is 4.45. The maximum Gasteiger partial charge on any atom is 0.337 e. The summed E-state index contributed by atoms with van der Waals surface area (Å²) in [6, 6.07) is 9.67. The molecule has 1 fully saturated rings. The van der Waals surface area contributed by atoms with Gasteiger partial charge in [0.15, 0.2) is 11.6 Å². The molecule has 0 saturated carbocycles. The van der Waals surface area contributed by atoms with Gasteiger partial charge in [-0.15, -0.1) is 0 Å². The molecule has 2 aromatic rings. The topological polar surface area (TPSA) is 59.1 Å². The molecule has 0 unspecified atom stereocenters. The van der Waals surface area contributed by atoms with E-state index in [1.54, 1.807) is 24.3 Å². The lowest BCUT2D eigenvalue weighted by molar-refractivity contribution is 0.0547. The van der Waals surface area contributed by atoms with E-state index in [-0.39, 0.29) is 12.2 Å². The first-order valence-electron chi connectivity index (χ1n) is 8.76. The molecular weight excluding hydrogens is 370 g/mol. The monoisotopic (exact) mass is 390 g/mol. The lowest BCUT2D eigenvalue weighted by atomic mass is 10.1. The highest BCUT2D eigenvalue weighted by molar-refractivity contribution is 5.92. The summed E-state index contributed by atoms with van der Waals surface area (Å²) in [5.74, 6) is -2.60. The number of hydrogen-bond donors (Lipinski definition) is 0. The van der Waals surface area contributed by atoms with Crippen molar-refractivity contribution in [2.75, 3.05) is 38.3 Å². The maximum atomic E-state index is 14.4. The predicted octanol–water partition coefficient (Wildman–Crippen LogP) is 3.21. The molecule has 2 amide bonds. The van der Waals surface area contributed by atoms with Crippen LogP contribution in [-0.2, 0) is 16.0 Å². The molecular formula is C20H20F2N2O4. The number of hydrogen-bond acceptors (Lipinski definition) is 4. The van der Waals surface area contributed by atoms with Crippen LogP contribution in [-0.4, -0.2) is 50.3 Å². The Bertz CT molecular complexity index is 852. The molecule has 1 saturated heterocycles. The van der Waals surface area contributed by atoms with Gasteiger partial charge in [-0.3, -0.25) is 4.90 Å². The van der Waals surface area contributed by atoms with Crippen molar-refractivity contribution >= 4 is 17.7 Å². The van der Waals surface area contributed by atoms with Crippen molar-refractivity contribution in [2.24, 2.45) is 0 Å². The Kier molecular flexibility index (Phi) is 6.20. The molecule has 0 bridgehead atoms. The van der Waals surface area contributed by atoms with E-state index >= 15 is 0 Å². The van der Waals surface area contributed by atoms with E-state index in [2.05, 4.69) is 4.74 Å². The van der Waals surface area contributed by atoms with Crippen molar-refractivity contribution in [3.05, 3.63) is 65.2 Å². The van der Waals surface area contributed by atoms with Gasteiger partial charge in [-0.1, -0.05) is 18.2 Å². The van der Waals surface area contributed by atoms with Crippen LogP contribution in [0.2, 0.25) is 0 Å². The van der Waals surface area contributed by atoms with Gasteiger partial charge in [0, 0.05) is 13.1 Å². The molecule has 1 aliphatic heterocycles. The summed E-state index contributed by atoms with van der Waals surface area (Å²) in [5.41, 5.74) is 0.862. The molecule has 1 aliphatic rings. The van der Waals surface area contributed by atoms with Crippen LogP contribution in [0.15, 0.2) is 42.5 Å². The van der Waals surface area contributed by atoms with E-state index in [9.17, 15) is 18.4 Å². The SMILES string of the molecule is COC(=O)c1ccc(CN(C(=O)N2CCOCC2)c2cccc(F)c2F)cc1. The molecule has 2 aromatic carbocycles. The van der Waals surface area contributed by atoms with Crippen LogP contribution < -0.4 is 4.90 Å². The second-order valence-corrected chi connectivity index (χ2v) is 6.23. The highest BCUT2D eigenvalue weighted by atomic mass is 19.2. The summed E-state index contributed by atoms with van der Waals surface area (Å²) >= 11 is 0. The zero-order valence-corrected chi connectivity index (χ0v) is 15.4. The summed E-state index contributed by atoms with van der Waals surface area (Å²) in [5, 5.41) is 0. The Balaban J connectivity index is 1.90. The molecule has 3 rings (SSSR count). The van der Waals surface area contributed by atoms with Gasteiger partial charge in [0.2, 0.25) is 0 Å². The van der Waals surface area contributed by atoms with E-state index in [0.717, 1.165) is 6.07 Å².